The summed E-state index contributed by atoms with van der Waals surface area (Å²) in [5.74, 6) is 1.11. The van der Waals surface area contributed by atoms with Crippen LogP contribution < -0.4 is 0 Å². The van der Waals surface area contributed by atoms with Gasteiger partial charge in [0, 0.05) is 4.90 Å². The van der Waals surface area contributed by atoms with Crippen molar-refractivity contribution in [1.82, 2.24) is 0 Å². The van der Waals surface area contributed by atoms with Crippen LogP contribution in [0.25, 0.3) is 6.08 Å². The monoisotopic (exact) mass is 177 g/mol. The van der Waals surface area contributed by atoms with Crippen molar-refractivity contribution in [2.45, 2.75) is 11.8 Å². The van der Waals surface area contributed by atoms with Gasteiger partial charge in [-0.1, -0.05) is 37.3 Å². The highest BCUT2D eigenvalue weighted by molar-refractivity contribution is 7.99. The van der Waals surface area contributed by atoms with Crippen molar-refractivity contribution in [2.75, 3.05) is 5.75 Å². The van der Waals surface area contributed by atoms with Crippen molar-refractivity contribution in [1.29, 1.82) is 0 Å². The summed E-state index contributed by atoms with van der Waals surface area (Å²) in [4.78, 5) is 1.33. The van der Waals surface area contributed by atoms with Crippen LogP contribution in [0.2, 0.25) is 0 Å². The van der Waals surface area contributed by atoms with E-state index in [9.17, 15) is 0 Å². The molecule has 0 aromatic heterocycles. The minimum atomic E-state index is 1.11. The lowest BCUT2D eigenvalue weighted by Gasteiger charge is -2.02. The third kappa shape index (κ3) is 2.42. The molecule has 0 saturated heterocycles. The van der Waals surface area contributed by atoms with E-state index in [1.165, 1.54) is 10.5 Å². The second-order valence-electron chi connectivity index (χ2n) is 2.37. The highest BCUT2D eigenvalue weighted by Gasteiger charge is 1.95. The van der Waals surface area contributed by atoms with Crippen LogP contribution in [0.1, 0.15) is 12.5 Å². The fourth-order valence-electron chi connectivity index (χ4n) is 1.03. The molecule has 0 spiro atoms. The largest absolute Gasteiger partial charge is 0.126 e. The van der Waals surface area contributed by atoms with Gasteiger partial charge in [-0.3, -0.25) is 0 Å². The smallest absolute Gasteiger partial charge is 0.0144 e. The average molecular weight is 177 g/mol. The van der Waals surface area contributed by atoms with Crippen LogP contribution in [0.15, 0.2) is 35.2 Å². The number of hydrogen-bond acceptors (Lipinski definition) is 1. The number of allylic oxidation sites excluding steroid dienone is 1. The first kappa shape index (κ1) is 9.40. The highest BCUT2D eigenvalue weighted by atomic mass is 32.2. The van der Waals surface area contributed by atoms with Crippen molar-refractivity contribution in [3.8, 4) is 0 Å². The Labute approximate surface area is 78.7 Å². The Morgan fingerprint density at radius 2 is 2.17 bits per heavy atom. The van der Waals surface area contributed by atoms with E-state index < -0.39 is 0 Å². The molecule has 0 aliphatic carbocycles. The van der Waals surface area contributed by atoms with Gasteiger partial charge in [-0.05, 0) is 24.3 Å². The zero-order chi connectivity index (χ0) is 8.81. The van der Waals surface area contributed by atoms with Crippen molar-refractivity contribution in [3.63, 3.8) is 0 Å². The van der Waals surface area contributed by atoms with Crippen molar-refractivity contribution in [3.05, 3.63) is 42.8 Å². The van der Waals surface area contributed by atoms with Crippen LogP contribution in [-0.2, 0) is 0 Å². The molecular weight excluding hydrogens is 164 g/mol. The van der Waals surface area contributed by atoms with E-state index in [0.717, 1.165) is 5.75 Å². The maximum Gasteiger partial charge on any atom is 0.0144 e. The highest BCUT2D eigenvalue weighted by Crippen LogP contribution is 2.22. The van der Waals surface area contributed by atoms with Crippen molar-refractivity contribution < 1.29 is 0 Å². The molecule has 63 valence electrons. The normalized spacial score (nSPS) is 10.8. The SMILES string of the molecule is [CH2]C=Cc1ccccc1SCC. The molecule has 1 aromatic carbocycles. The topological polar surface area (TPSA) is 0 Å². The van der Waals surface area contributed by atoms with Gasteiger partial charge in [0.25, 0.3) is 0 Å². The minimum Gasteiger partial charge on any atom is -0.126 e. The van der Waals surface area contributed by atoms with Crippen LogP contribution >= 0.6 is 11.8 Å². The maximum absolute atomic E-state index is 3.69. The molecule has 12 heavy (non-hydrogen) atoms. The van der Waals surface area contributed by atoms with E-state index in [-0.39, 0.29) is 0 Å². The molecule has 0 N–H and O–H groups in total. The fraction of sp³-hybridized carbons (Fsp3) is 0.182. The number of hydrogen-bond donors (Lipinski definition) is 0. The second-order valence-corrected chi connectivity index (χ2v) is 3.68. The number of benzene rings is 1. The third-order valence-electron chi connectivity index (χ3n) is 1.52. The van der Waals surface area contributed by atoms with Gasteiger partial charge in [0.05, 0.1) is 0 Å². The Morgan fingerprint density at radius 1 is 1.42 bits per heavy atom. The standard InChI is InChI=1S/C11H13S/c1-3-7-10-8-5-6-9-11(10)12-4-2/h3,5-9H,1,4H2,2H3. The lowest BCUT2D eigenvalue weighted by Crippen LogP contribution is -1.78. The molecular formula is C11H13S. The maximum atomic E-state index is 3.69. The summed E-state index contributed by atoms with van der Waals surface area (Å²) in [7, 11) is 0. The molecule has 0 bridgehead atoms. The number of thioether (sulfide) groups is 1. The summed E-state index contributed by atoms with van der Waals surface area (Å²) in [5, 5.41) is 0. The first-order chi connectivity index (χ1) is 5.88. The van der Waals surface area contributed by atoms with E-state index in [1.807, 2.05) is 23.9 Å². The van der Waals surface area contributed by atoms with Gasteiger partial charge in [0.15, 0.2) is 0 Å². The van der Waals surface area contributed by atoms with Gasteiger partial charge < -0.3 is 0 Å². The Balaban J connectivity index is 2.91. The second kappa shape index (κ2) is 5.04. The predicted octanol–water partition coefficient (Wildman–Crippen LogP) is 3.65. The fourth-order valence-corrected chi connectivity index (χ4v) is 1.82. The Hall–Kier alpha value is -0.690. The molecule has 0 amide bonds. The van der Waals surface area contributed by atoms with E-state index in [0.29, 0.717) is 0 Å². The zero-order valence-corrected chi connectivity index (χ0v) is 8.10. The minimum absolute atomic E-state index is 1.11. The zero-order valence-electron chi connectivity index (χ0n) is 7.29. The van der Waals surface area contributed by atoms with Gasteiger partial charge in [0.2, 0.25) is 0 Å². The Morgan fingerprint density at radius 3 is 2.83 bits per heavy atom. The molecule has 1 radical (unpaired) electrons. The molecule has 0 atom stereocenters. The van der Waals surface area contributed by atoms with Gasteiger partial charge in [-0.25, -0.2) is 0 Å². The quantitative estimate of drug-likeness (QED) is 0.635. The summed E-state index contributed by atoms with van der Waals surface area (Å²) in [6.07, 6.45) is 3.87. The van der Waals surface area contributed by atoms with E-state index in [4.69, 9.17) is 0 Å². The average Bonchev–Trinajstić information content (AvgIpc) is 2.09. The van der Waals surface area contributed by atoms with Gasteiger partial charge in [0.1, 0.15) is 0 Å². The first-order valence-electron chi connectivity index (χ1n) is 4.06. The molecule has 0 heterocycles. The summed E-state index contributed by atoms with van der Waals surface area (Å²) < 4.78 is 0. The molecule has 1 heteroatoms. The molecule has 0 nitrogen and oxygen atoms in total. The van der Waals surface area contributed by atoms with Gasteiger partial charge in [-0.2, -0.15) is 0 Å². The molecule has 0 aliphatic heterocycles. The number of rotatable bonds is 3. The third-order valence-corrected chi connectivity index (χ3v) is 2.49. The Bertz CT molecular complexity index is 263. The van der Waals surface area contributed by atoms with Crippen LogP contribution in [0.3, 0.4) is 0 Å². The van der Waals surface area contributed by atoms with Crippen LogP contribution in [0.4, 0.5) is 0 Å². The molecule has 0 unspecified atom stereocenters. The van der Waals surface area contributed by atoms with Crippen LogP contribution in [0, 0.1) is 6.92 Å². The van der Waals surface area contributed by atoms with E-state index in [2.05, 4.69) is 38.1 Å². The van der Waals surface area contributed by atoms with Gasteiger partial charge in [-0.15, -0.1) is 11.8 Å². The molecule has 0 saturated carbocycles. The van der Waals surface area contributed by atoms with Crippen molar-refractivity contribution in [2.24, 2.45) is 0 Å². The Kier molecular flexibility index (Phi) is 3.95. The lowest BCUT2D eigenvalue weighted by molar-refractivity contribution is 1.40. The first-order valence-corrected chi connectivity index (χ1v) is 5.04. The lowest BCUT2D eigenvalue weighted by atomic mass is 10.2. The van der Waals surface area contributed by atoms with E-state index in [1.54, 1.807) is 0 Å². The summed E-state index contributed by atoms with van der Waals surface area (Å²) in [6, 6.07) is 8.37. The summed E-state index contributed by atoms with van der Waals surface area (Å²) >= 11 is 1.86. The molecule has 1 rings (SSSR count). The van der Waals surface area contributed by atoms with Crippen LogP contribution in [0.5, 0.6) is 0 Å². The summed E-state index contributed by atoms with van der Waals surface area (Å²) in [6.45, 7) is 5.85. The summed E-state index contributed by atoms with van der Waals surface area (Å²) in [5.41, 5.74) is 1.26. The molecule has 1 aromatic rings. The van der Waals surface area contributed by atoms with Crippen molar-refractivity contribution >= 4 is 17.8 Å². The van der Waals surface area contributed by atoms with Gasteiger partial charge >= 0.3 is 0 Å². The predicted molar refractivity (Wildman–Crippen MR) is 57.2 cm³/mol. The molecule has 0 aliphatic rings. The molecule has 0 fully saturated rings. The van der Waals surface area contributed by atoms with E-state index >= 15 is 0 Å². The van der Waals surface area contributed by atoms with Crippen LogP contribution in [-0.4, -0.2) is 5.75 Å².